The molecular weight excluding hydrogens is 304 g/mol. The molecule has 0 radical (unpaired) electrons. The molecule has 2 heterocycles. The highest BCUT2D eigenvalue weighted by molar-refractivity contribution is 7.13. The highest BCUT2D eigenvalue weighted by Crippen LogP contribution is 2.31. The van der Waals surface area contributed by atoms with E-state index in [0.29, 0.717) is 11.0 Å². The lowest BCUT2D eigenvalue weighted by molar-refractivity contribution is 0.417. The maximum atomic E-state index is 6.35. The summed E-state index contributed by atoms with van der Waals surface area (Å²) in [7, 11) is 1.65. The zero-order chi connectivity index (χ0) is 14.8. The Hall–Kier alpha value is -1.65. The van der Waals surface area contributed by atoms with Crippen molar-refractivity contribution in [2.24, 2.45) is 0 Å². The Morgan fingerprint density at radius 3 is 2.81 bits per heavy atom. The average Bonchev–Trinajstić information content (AvgIpc) is 2.97. The number of thiophene rings is 1. The Balaban J connectivity index is 2.08. The smallest absolute Gasteiger partial charge is 0.171 e. The first-order chi connectivity index (χ1) is 10.2. The molecule has 0 saturated heterocycles. The molecule has 0 aliphatic carbocycles. The molecule has 0 atom stereocenters. The van der Waals surface area contributed by atoms with Gasteiger partial charge in [0, 0.05) is 16.8 Å². The molecule has 0 N–H and O–H groups in total. The minimum absolute atomic E-state index is 0.500. The molecule has 1 aromatic carbocycles. The standard InChI is InChI=1S/C16H15ClN2OS/c1-3-4-10-5-6-13-12(7-10)15(17)19-16(18-13)14-8-11(20-2)9-21-14/h5-9H,3-4H2,1-2H3. The molecule has 0 saturated carbocycles. The molecule has 3 nitrogen and oxygen atoms in total. The summed E-state index contributed by atoms with van der Waals surface area (Å²) in [5, 5.41) is 3.34. The van der Waals surface area contributed by atoms with E-state index in [1.165, 1.54) is 5.56 Å². The maximum absolute atomic E-state index is 6.35. The Kier molecular flexibility index (Phi) is 4.08. The second kappa shape index (κ2) is 6.00. The zero-order valence-corrected chi connectivity index (χ0v) is 13.5. The SMILES string of the molecule is CCCc1ccc2nc(-c3cc(OC)cs3)nc(Cl)c2c1. The van der Waals surface area contributed by atoms with E-state index in [0.717, 1.165) is 34.4 Å². The van der Waals surface area contributed by atoms with Gasteiger partial charge in [0.1, 0.15) is 10.9 Å². The molecular formula is C16H15ClN2OS. The summed E-state index contributed by atoms with van der Waals surface area (Å²) >= 11 is 7.89. The van der Waals surface area contributed by atoms with Gasteiger partial charge in [-0.25, -0.2) is 9.97 Å². The Bertz CT molecular complexity index is 785. The van der Waals surface area contributed by atoms with Crippen LogP contribution in [0.3, 0.4) is 0 Å². The molecule has 21 heavy (non-hydrogen) atoms. The molecule has 3 rings (SSSR count). The quantitative estimate of drug-likeness (QED) is 0.637. The van der Waals surface area contributed by atoms with Crippen LogP contribution >= 0.6 is 22.9 Å². The normalized spacial score (nSPS) is 11.0. The van der Waals surface area contributed by atoms with Crippen LogP contribution in [0.2, 0.25) is 5.15 Å². The van der Waals surface area contributed by atoms with Gasteiger partial charge in [0.25, 0.3) is 0 Å². The van der Waals surface area contributed by atoms with Gasteiger partial charge in [0.15, 0.2) is 5.82 Å². The van der Waals surface area contributed by atoms with E-state index in [-0.39, 0.29) is 0 Å². The number of nitrogens with zero attached hydrogens (tertiary/aromatic N) is 2. The Morgan fingerprint density at radius 1 is 1.24 bits per heavy atom. The molecule has 0 amide bonds. The van der Waals surface area contributed by atoms with Gasteiger partial charge in [-0.15, -0.1) is 11.3 Å². The van der Waals surface area contributed by atoms with Crippen molar-refractivity contribution in [1.29, 1.82) is 0 Å². The third kappa shape index (κ3) is 2.87. The van der Waals surface area contributed by atoms with Crippen LogP contribution in [0.15, 0.2) is 29.6 Å². The molecule has 0 bridgehead atoms. The summed E-state index contributed by atoms with van der Waals surface area (Å²) in [5.41, 5.74) is 2.14. The second-order valence-corrected chi connectivity index (χ2v) is 6.06. The molecule has 2 aromatic heterocycles. The first kappa shape index (κ1) is 14.3. The van der Waals surface area contributed by atoms with Crippen molar-refractivity contribution in [2.75, 3.05) is 7.11 Å². The fraction of sp³-hybridized carbons (Fsp3) is 0.250. The van der Waals surface area contributed by atoms with Gasteiger partial charge < -0.3 is 4.74 Å². The predicted octanol–water partition coefficient (Wildman–Crippen LogP) is 4.97. The molecule has 0 aliphatic rings. The predicted molar refractivity (Wildman–Crippen MR) is 88.4 cm³/mol. The van der Waals surface area contributed by atoms with Crippen molar-refractivity contribution < 1.29 is 4.74 Å². The van der Waals surface area contributed by atoms with Crippen LogP contribution in [0, 0.1) is 0 Å². The highest BCUT2D eigenvalue weighted by atomic mass is 35.5. The van der Waals surface area contributed by atoms with Gasteiger partial charge in [-0.3, -0.25) is 0 Å². The zero-order valence-electron chi connectivity index (χ0n) is 11.9. The van der Waals surface area contributed by atoms with Gasteiger partial charge in [0.2, 0.25) is 0 Å². The minimum atomic E-state index is 0.500. The fourth-order valence-corrected chi connectivity index (χ4v) is 3.26. The van der Waals surface area contributed by atoms with E-state index in [2.05, 4.69) is 29.0 Å². The van der Waals surface area contributed by atoms with Crippen LogP contribution < -0.4 is 4.74 Å². The number of benzene rings is 1. The number of hydrogen-bond acceptors (Lipinski definition) is 4. The summed E-state index contributed by atoms with van der Waals surface area (Å²) in [6, 6.07) is 8.13. The minimum Gasteiger partial charge on any atom is -0.496 e. The summed E-state index contributed by atoms with van der Waals surface area (Å²) in [6.45, 7) is 2.16. The summed E-state index contributed by atoms with van der Waals surface area (Å²) in [4.78, 5) is 10.00. The van der Waals surface area contributed by atoms with E-state index < -0.39 is 0 Å². The van der Waals surface area contributed by atoms with Crippen molar-refractivity contribution in [2.45, 2.75) is 19.8 Å². The monoisotopic (exact) mass is 318 g/mol. The van der Waals surface area contributed by atoms with Crippen LogP contribution in [0.5, 0.6) is 5.75 Å². The number of fused-ring (bicyclic) bond motifs is 1. The van der Waals surface area contributed by atoms with Crippen molar-refractivity contribution in [3.63, 3.8) is 0 Å². The van der Waals surface area contributed by atoms with E-state index in [9.17, 15) is 0 Å². The van der Waals surface area contributed by atoms with Crippen molar-refractivity contribution in [3.05, 3.63) is 40.4 Å². The van der Waals surface area contributed by atoms with E-state index >= 15 is 0 Å². The molecule has 0 fully saturated rings. The van der Waals surface area contributed by atoms with Crippen molar-refractivity contribution in [1.82, 2.24) is 9.97 Å². The molecule has 0 aliphatic heterocycles. The number of ether oxygens (including phenoxy) is 1. The van der Waals surface area contributed by atoms with Gasteiger partial charge in [-0.05, 0) is 24.1 Å². The topological polar surface area (TPSA) is 35.0 Å². The Labute approximate surface area is 132 Å². The third-order valence-corrected chi connectivity index (χ3v) is 4.48. The lowest BCUT2D eigenvalue weighted by Crippen LogP contribution is -1.92. The molecule has 0 unspecified atom stereocenters. The summed E-state index contributed by atoms with van der Waals surface area (Å²) in [6.07, 6.45) is 2.15. The van der Waals surface area contributed by atoms with Crippen molar-refractivity contribution >= 4 is 33.8 Å². The molecule has 5 heteroatoms. The van der Waals surface area contributed by atoms with E-state index in [4.69, 9.17) is 16.3 Å². The summed E-state index contributed by atoms with van der Waals surface area (Å²) in [5.74, 6) is 1.46. The van der Waals surface area contributed by atoms with Crippen LogP contribution in [0.25, 0.3) is 21.6 Å². The number of methoxy groups -OCH3 is 1. The lowest BCUT2D eigenvalue weighted by atomic mass is 10.1. The second-order valence-electron chi connectivity index (χ2n) is 4.79. The highest BCUT2D eigenvalue weighted by Gasteiger charge is 2.11. The fourth-order valence-electron chi connectivity index (χ4n) is 2.24. The molecule has 0 spiro atoms. The van der Waals surface area contributed by atoms with Gasteiger partial charge in [-0.2, -0.15) is 0 Å². The summed E-state index contributed by atoms with van der Waals surface area (Å²) < 4.78 is 5.20. The lowest BCUT2D eigenvalue weighted by Gasteiger charge is -2.05. The molecule has 108 valence electrons. The van der Waals surface area contributed by atoms with Crippen LogP contribution in [-0.2, 0) is 6.42 Å². The number of aromatic nitrogens is 2. The average molecular weight is 319 g/mol. The van der Waals surface area contributed by atoms with E-state index in [1.807, 2.05) is 17.5 Å². The van der Waals surface area contributed by atoms with Crippen LogP contribution in [0.4, 0.5) is 0 Å². The maximum Gasteiger partial charge on any atom is 0.171 e. The third-order valence-electron chi connectivity index (χ3n) is 3.28. The number of halogens is 1. The van der Waals surface area contributed by atoms with E-state index in [1.54, 1.807) is 18.4 Å². The Morgan fingerprint density at radius 2 is 2.10 bits per heavy atom. The number of hydrogen-bond donors (Lipinski definition) is 0. The number of rotatable bonds is 4. The van der Waals surface area contributed by atoms with Crippen molar-refractivity contribution in [3.8, 4) is 16.5 Å². The van der Waals surface area contributed by atoms with Crippen LogP contribution in [-0.4, -0.2) is 17.1 Å². The van der Waals surface area contributed by atoms with Gasteiger partial charge in [-0.1, -0.05) is 31.0 Å². The largest absolute Gasteiger partial charge is 0.496 e. The van der Waals surface area contributed by atoms with Gasteiger partial charge in [0.05, 0.1) is 17.5 Å². The van der Waals surface area contributed by atoms with Crippen LogP contribution in [0.1, 0.15) is 18.9 Å². The first-order valence-corrected chi connectivity index (χ1v) is 8.06. The first-order valence-electron chi connectivity index (χ1n) is 6.80. The number of aryl methyl sites for hydroxylation is 1. The molecule has 3 aromatic rings. The van der Waals surface area contributed by atoms with Gasteiger partial charge >= 0.3 is 0 Å².